The molecule has 6 nitrogen and oxygen atoms in total. The molecule has 0 unspecified atom stereocenters. The quantitative estimate of drug-likeness (QED) is 0.721. The van der Waals surface area contributed by atoms with Crippen LogP contribution < -0.4 is 14.8 Å². The molecule has 2 amide bonds. The molecule has 0 saturated carbocycles. The standard InChI is InChI=1S/C24H28N2O4/c1-29-21-13-11-18(17-22(21)30-2)12-14-23(27)25-20-10-6-5-9-19(20)24(28)26-15-7-3-4-8-16-26/h5-6,9-14,17H,3-4,7-8,15-16H2,1-2H3,(H,25,27)/b14-12+. The van der Waals surface area contributed by atoms with E-state index < -0.39 is 0 Å². The smallest absolute Gasteiger partial charge is 0.255 e. The number of nitrogens with one attached hydrogen (secondary N) is 1. The van der Waals surface area contributed by atoms with E-state index in [9.17, 15) is 9.59 Å². The third kappa shape index (κ3) is 5.41. The molecule has 3 rings (SSSR count). The first kappa shape index (κ1) is 21.4. The number of hydrogen-bond donors (Lipinski definition) is 1. The summed E-state index contributed by atoms with van der Waals surface area (Å²) in [6.45, 7) is 1.53. The molecule has 158 valence electrons. The molecule has 0 spiro atoms. The summed E-state index contributed by atoms with van der Waals surface area (Å²) in [5.74, 6) is 0.881. The maximum absolute atomic E-state index is 13.0. The van der Waals surface area contributed by atoms with Crippen LogP contribution in [0.3, 0.4) is 0 Å². The molecule has 0 atom stereocenters. The van der Waals surface area contributed by atoms with E-state index in [0.29, 0.717) is 22.7 Å². The summed E-state index contributed by atoms with van der Waals surface area (Å²) < 4.78 is 10.5. The van der Waals surface area contributed by atoms with Crippen LogP contribution in [-0.4, -0.2) is 44.0 Å². The SMILES string of the molecule is COc1ccc(/C=C/C(=O)Nc2ccccc2C(=O)N2CCCCCC2)cc1OC. The van der Waals surface area contributed by atoms with Gasteiger partial charge in [-0.15, -0.1) is 0 Å². The zero-order valence-corrected chi connectivity index (χ0v) is 17.5. The van der Waals surface area contributed by atoms with E-state index in [2.05, 4.69) is 5.32 Å². The summed E-state index contributed by atoms with van der Waals surface area (Å²) in [4.78, 5) is 27.4. The van der Waals surface area contributed by atoms with E-state index in [4.69, 9.17) is 9.47 Å². The molecule has 0 aliphatic carbocycles. The summed E-state index contributed by atoms with van der Waals surface area (Å²) in [7, 11) is 3.14. The zero-order chi connectivity index (χ0) is 21.3. The Bertz CT molecular complexity index is 915. The number of rotatable bonds is 6. The van der Waals surface area contributed by atoms with Crippen molar-refractivity contribution < 1.29 is 19.1 Å². The van der Waals surface area contributed by atoms with E-state index in [1.165, 1.54) is 6.08 Å². The summed E-state index contributed by atoms with van der Waals surface area (Å²) in [5, 5.41) is 2.84. The number of nitrogens with zero attached hydrogens (tertiary/aromatic N) is 1. The number of ether oxygens (including phenoxy) is 2. The molecular formula is C24H28N2O4. The number of likely N-dealkylation sites (tertiary alicyclic amines) is 1. The Labute approximate surface area is 177 Å². The van der Waals surface area contributed by atoms with Gasteiger partial charge in [-0.25, -0.2) is 0 Å². The first-order valence-electron chi connectivity index (χ1n) is 10.2. The average Bonchev–Trinajstić information content (AvgIpc) is 3.07. The number of hydrogen-bond acceptors (Lipinski definition) is 4. The molecule has 1 N–H and O–H groups in total. The number of benzene rings is 2. The first-order valence-corrected chi connectivity index (χ1v) is 10.2. The van der Waals surface area contributed by atoms with Gasteiger partial charge in [-0.3, -0.25) is 9.59 Å². The average molecular weight is 408 g/mol. The van der Waals surface area contributed by atoms with Crippen LogP contribution in [0.1, 0.15) is 41.6 Å². The van der Waals surface area contributed by atoms with Crippen LogP contribution in [0.5, 0.6) is 11.5 Å². The van der Waals surface area contributed by atoms with Crippen LogP contribution in [0, 0.1) is 0 Å². The first-order chi connectivity index (χ1) is 14.6. The van der Waals surface area contributed by atoms with Crippen molar-refractivity contribution in [1.82, 2.24) is 4.90 Å². The monoisotopic (exact) mass is 408 g/mol. The highest BCUT2D eigenvalue weighted by atomic mass is 16.5. The van der Waals surface area contributed by atoms with Crippen molar-refractivity contribution in [2.45, 2.75) is 25.7 Å². The highest BCUT2D eigenvalue weighted by Gasteiger charge is 2.20. The molecule has 1 heterocycles. The topological polar surface area (TPSA) is 67.9 Å². The maximum Gasteiger partial charge on any atom is 0.255 e. The van der Waals surface area contributed by atoms with Crippen molar-refractivity contribution in [1.29, 1.82) is 0 Å². The largest absolute Gasteiger partial charge is 0.493 e. The molecule has 2 aromatic rings. The van der Waals surface area contributed by atoms with Gasteiger partial charge >= 0.3 is 0 Å². The number of para-hydroxylation sites is 1. The molecule has 30 heavy (non-hydrogen) atoms. The van der Waals surface area contributed by atoms with Crippen molar-refractivity contribution in [3.05, 3.63) is 59.7 Å². The Morgan fingerprint density at radius 1 is 0.933 bits per heavy atom. The second-order valence-electron chi connectivity index (χ2n) is 7.19. The van der Waals surface area contributed by atoms with E-state index in [-0.39, 0.29) is 11.8 Å². The lowest BCUT2D eigenvalue weighted by molar-refractivity contribution is -0.111. The van der Waals surface area contributed by atoms with Gasteiger partial charge < -0.3 is 19.7 Å². The van der Waals surface area contributed by atoms with Gasteiger partial charge in [0.1, 0.15) is 0 Å². The summed E-state index contributed by atoms with van der Waals surface area (Å²) in [5.41, 5.74) is 1.85. The number of carbonyl (C=O) groups excluding carboxylic acids is 2. The molecule has 0 aromatic heterocycles. The van der Waals surface area contributed by atoms with Crippen molar-refractivity contribution in [3.8, 4) is 11.5 Å². The maximum atomic E-state index is 13.0. The zero-order valence-electron chi connectivity index (χ0n) is 17.5. The third-order valence-electron chi connectivity index (χ3n) is 5.14. The molecule has 1 aliphatic rings. The van der Waals surface area contributed by atoms with Gasteiger partial charge in [0.05, 0.1) is 25.5 Å². The minimum absolute atomic E-state index is 0.0309. The fourth-order valence-corrected chi connectivity index (χ4v) is 3.53. The molecule has 1 aliphatic heterocycles. The second-order valence-corrected chi connectivity index (χ2v) is 7.19. The third-order valence-corrected chi connectivity index (χ3v) is 5.14. The summed E-state index contributed by atoms with van der Waals surface area (Å²) in [6, 6.07) is 12.6. The lowest BCUT2D eigenvalue weighted by Crippen LogP contribution is -2.32. The minimum atomic E-state index is -0.305. The molecule has 1 fully saturated rings. The van der Waals surface area contributed by atoms with Crippen LogP contribution in [0.4, 0.5) is 5.69 Å². The van der Waals surface area contributed by atoms with E-state index >= 15 is 0 Å². The Balaban J connectivity index is 1.71. The van der Waals surface area contributed by atoms with Crippen molar-refractivity contribution >= 4 is 23.6 Å². The second kappa shape index (κ2) is 10.5. The van der Waals surface area contributed by atoms with Gasteiger partial charge in [-0.05, 0) is 48.7 Å². The van der Waals surface area contributed by atoms with E-state index in [0.717, 1.165) is 44.3 Å². The Morgan fingerprint density at radius 3 is 2.33 bits per heavy atom. The number of amides is 2. The minimum Gasteiger partial charge on any atom is -0.493 e. The molecule has 2 aromatic carbocycles. The van der Waals surface area contributed by atoms with E-state index in [1.54, 1.807) is 44.6 Å². The fourth-order valence-electron chi connectivity index (χ4n) is 3.53. The lowest BCUT2D eigenvalue weighted by atomic mass is 10.1. The van der Waals surface area contributed by atoms with Crippen LogP contribution in [0.15, 0.2) is 48.5 Å². The fraction of sp³-hybridized carbons (Fsp3) is 0.333. The Hall–Kier alpha value is -3.28. The van der Waals surface area contributed by atoms with Gasteiger partial charge in [-0.2, -0.15) is 0 Å². The predicted octanol–water partition coefficient (Wildman–Crippen LogP) is 4.37. The number of anilines is 1. The highest BCUT2D eigenvalue weighted by Crippen LogP contribution is 2.28. The lowest BCUT2D eigenvalue weighted by Gasteiger charge is -2.21. The normalized spacial score (nSPS) is 14.3. The summed E-state index contributed by atoms with van der Waals surface area (Å²) >= 11 is 0. The van der Waals surface area contributed by atoms with Crippen LogP contribution >= 0.6 is 0 Å². The number of methoxy groups -OCH3 is 2. The van der Waals surface area contributed by atoms with Gasteiger partial charge in [0, 0.05) is 19.2 Å². The van der Waals surface area contributed by atoms with Crippen molar-refractivity contribution in [2.24, 2.45) is 0 Å². The number of carbonyl (C=O) groups is 2. The predicted molar refractivity (Wildman–Crippen MR) is 118 cm³/mol. The van der Waals surface area contributed by atoms with Crippen molar-refractivity contribution in [3.63, 3.8) is 0 Å². The van der Waals surface area contributed by atoms with Crippen molar-refractivity contribution in [2.75, 3.05) is 32.6 Å². The van der Waals surface area contributed by atoms with Crippen LogP contribution in [0.25, 0.3) is 6.08 Å². The van der Waals surface area contributed by atoms with Gasteiger partial charge in [0.2, 0.25) is 5.91 Å². The summed E-state index contributed by atoms with van der Waals surface area (Å²) in [6.07, 6.45) is 7.49. The van der Waals surface area contributed by atoms with Crippen LogP contribution in [-0.2, 0) is 4.79 Å². The van der Waals surface area contributed by atoms with Gasteiger partial charge in [0.25, 0.3) is 5.91 Å². The molecule has 6 heteroatoms. The highest BCUT2D eigenvalue weighted by molar-refractivity contribution is 6.07. The Morgan fingerprint density at radius 2 is 1.63 bits per heavy atom. The van der Waals surface area contributed by atoms with E-state index in [1.807, 2.05) is 23.1 Å². The molecule has 0 bridgehead atoms. The molecule has 1 saturated heterocycles. The molecule has 0 radical (unpaired) electrons. The Kier molecular flexibility index (Phi) is 7.49. The van der Waals surface area contributed by atoms with Gasteiger partial charge in [-0.1, -0.05) is 31.0 Å². The van der Waals surface area contributed by atoms with Gasteiger partial charge in [0.15, 0.2) is 11.5 Å². The molecular weight excluding hydrogens is 380 g/mol. The van der Waals surface area contributed by atoms with Crippen LogP contribution in [0.2, 0.25) is 0 Å².